The van der Waals surface area contributed by atoms with Crippen LogP contribution >= 0.6 is 0 Å². The topological polar surface area (TPSA) is 43.4 Å². The lowest BCUT2D eigenvalue weighted by molar-refractivity contribution is -0.159. The molecule has 3 nitrogen and oxygen atoms in total. The summed E-state index contributed by atoms with van der Waals surface area (Å²) in [6.45, 7) is 4.54. The second-order valence-corrected chi connectivity index (χ2v) is 12.9. The minimum atomic E-state index is -0.334. The maximum atomic E-state index is 11.9. The summed E-state index contributed by atoms with van der Waals surface area (Å²) in [5, 5.41) is 0. The van der Waals surface area contributed by atoms with E-state index in [-0.39, 0.29) is 11.9 Å². The molecule has 43 heavy (non-hydrogen) atoms. The number of esters is 2. The molecule has 0 rings (SSSR count). The molecule has 0 spiro atoms. The molecule has 252 valence electrons. The largest absolute Gasteiger partial charge is 0.393 e. The Balaban J connectivity index is 3.33. The van der Waals surface area contributed by atoms with Crippen LogP contribution in [-0.4, -0.2) is 11.9 Å². The standard InChI is InChI=1S/C40H74O3/c1-3-5-7-9-11-13-15-17-19-20-21-22-24-26-28-30-32-34-36-38-40(42)43-39(41)37-35-33-31-29-27-25-23-18-16-14-12-10-8-6-4-2/h14,16-17,19H,3-13,15,18,20-38H2,1-2H3/b16-14+,19-17-. The van der Waals surface area contributed by atoms with E-state index >= 15 is 0 Å². The Morgan fingerprint density at radius 2 is 0.581 bits per heavy atom. The molecule has 0 unspecified atom stereocenters. The van der Waals surface area contributed by atoms with Gasteiger partial charge in [0.2, 0.25) is 0 Å². The summed E-state index contributed by atoms with van der Waals surface area (Å²) in [5.41, 5.74) is 0. The minimum absolute atomic E-state index is 0.332. The second kappa shape index (κ2) is 36.8. The van der Waals surface area contributed by atoms with E-state index in [2.05, 4.69) is 38.2 Å². The van der Waals surface area contributed by atoms with E-state index in [1.165, 1.54) is 167 Å². The monoisotopic (exact) mass is 603 g/mol. The van der Waals surface area contributed by atoms with Crippen molar-refractivity contribution in [3.8, 4) is 0 Å². The lowest BCUT2D eigenvalue weighted by atomic mass is 10.1. The predicted octanol–water partition coefficient (Wildman–Crippen LogP) is 13.7. The third kappa shape index (κ3) is 36.7. The van der Waals surface area contributed by atoms with Crippen LogP contribution in [0.1, 0.15) is 219 Å². The minimum Gasteiger partial charge on any atom is -0.393 e. The zero-order valence-electron chi connectivity index (χ0n) is 29.2. The number of hydrogen-bond donors (Lipinski definition) is 0. The molecule has 0 aliphatic carbocycles. The molecule has 3 heteroatoms. The molecule has 0 saturated heterocycles. The van der Waals surface area contributed by atoms with Crippen molar-refractivity contribution < 1.29 is 14.3 Å². The summed E-state index contributed by atoms with van der Waals surface area (Å²) >= 11 is 0. The summed E-state index contributed by atoms with van der Waals surface area (Å²) in [5.74, 6) is -0.666. The van der Waals surface area contributed by atoms with E-state index in [4.69, 9.17) is 4.74 Å². The number of carbonyl (C=O) groups excluding carboxylic acids is 2. The summed E-state index contributed by atoms with van der Waals surface area (Å²) in [6.07, 6.45) is 48.1. The molecule has 0 heterocycles. The third-order valence-electron chi connectivity index (χ3n) is 8.51. The van der Waals surface area contributed by atoms with Gasteiger partial charge in [0.1, 0.15) is 0 Å². The van der Waals surface area contributed by atoms with E-state index < -0.39 is 0 Å². The highest BCUT2D eigenvalue weighted by Gasteiger charge is 2.09. The summed E-state index contributed by atoms with van der Waals surface area (Å²) in [4.78, 5) is 23.9. The van der Waals surface area contributed by atoms with Crippen molar-refractivity contribution in [2.75, 3.05) is 0 Å². The van der Waals surface area contributed by atoms with Gasteiger partial charge in [0.25, 0.3) is 0 Å². The summed E-state index contributed by atoms with van der Waals surface area (Å²) in [6, 6.07) is 0. The molecule has 0 amide bonds. The van der Waals surface area contributed by atoms with Crippen LogP contribution in [0.2, 0.25) is 0 Å². The molecule has 0 saturated carbocycles. The first-order valence-electron chi connectivity index (χ1n) is 19.2. The Morgan fingerprint density at radius 1 is 0.349 bits per heavy atom. The smallest absolute Gasteiger partial charge is 0.313 e. The van der Waals surface area contributed by atoms with Gasteiger partial charge in [-0.25, -0.2) is 0 Å². The number of hydrogen-bond acceptors (Lipinski definition) is 3. The maximum Gasteiger partial charge on any atom is 0.313 e. The zero-order chi connectivity index (χ0) is 31.3. The van der Waals surface area contributed by atoms with Crippen LogP contribution in [0.3, 0.4) is 0 Å². The second-order valence-electron chi connectivity index (χ2n) is 12.9. The SMILES string of the molecule is CCCCCC/C=C/CCCCCCCCCC(=O)OC(=O)CCCCCCCCCCC/C=C\CCCCCCCC. The molecular weight excluding hydrogens is 528 g/mol. The fourth-order valence-corrected chi connectivity index (χ4v) is 5.62. The fourth-order valence-electron chi connectivity index (χ4n) is 5.62. The molecule has 0 radical (unpaired) electrons. The fraction of sp³-hybridized carbons (Fsp3) is 0.850. The molecule has 0 aromatic carbocycles. The van der Waals surface area contributed by atoms with Crippen LogP contribution in [-0.2, 0) is 14.3 Å². The highest BCUT2D eigenvalue weighted by Crippen LogP contribution is 2.14. The van der Waals surface area contributed by atoms with Crippen LogP contribution in [0.15, 0.2) is 24.3 Å². The van der Waals surface area contributed by atoms with Gasteiger partial charge in [-0.05, 0) is 64.2 Å². The Kier molecular flexibility index (Phi) is 35.6. The first-order chi connectivity index (χ1) is 21.2. The Morgan fingerprint density at radius 3 is 0.884 bits per heavy atom. The van der Waals surface area contributed by atoms with Crippen molar-refractivity contribution in [1.29, 1.82) is 0 Å². The Bertz CT molecular complexity index is 636. The van der Waals surface area contributed by atoms with Gasteiger partial charge in [-0.2, -0.15) is 0 Å². The quantitative estimate of drug-likeness (QED) is 0.0318. The van der Waals surface area contributed by atoms with Crippen LogP contribution in [0, 0.1) is 0 Å². The van der Waals surface area contributed by atoms with Crippen molar-refractivity contribution >= 4 is 11.9 Å². The van der Waals surface area contributed by atoms with Gasteiger partial charge in [0.15, 0.2) is 0 Å². The van der Waals surface area contributed by atoms with E-state index in [0.29, 0.717) is 12.8 Å². The number of allylic oxidation sites excluding steroid dienone is 4. The van der Waals surface area contributed by atoms with E-state index in [9.17, 15) is 9.59 Å². The molecule has 0 aliphatic heterocycles. The zero-order valence-corrected chi connectivity index (χ0v) is 29.2. The predicted molar refractivity (Wildman–Crippen MR) is 188 cm³/mol. The van der Waals surface area contributed by atoms with E-state index in [1.807, 2.05) is 0 Å². The molecule has 0 aliphatic rings. The van der Waals surface area contributed by atoms with Crippen molar-refractivity contribution in [3.05, 3.63) is 24.3 Å². The first kappa shape index (κ1) is 41.6. The molecule has 0 bridgehead atoms. The van der Waals surface area contributed by atoms with Crippen molar-refractivity contribution in [3.63, 3.8) is 0 Å². The van der Waals surface area contributed by atoms with Crippen LogP contribution in [0.5, 0.6) is 0 Å². The van der Waals surface area contributed by atoms with Gasteiger partial charge in [-0.3, -0.25) is 9.59 Å². The first-order valence-corrected chi connectivity index (χ1v) is 19.2. The Labute approximate surface area is 269 Å². The van der Waals surface area contributed by atoms with E-state index in [1.54, 1.807) is 0 Å². The van der Waals surface area contributed by atoms with E-state index in [0.717, 1.165) is 25.7 Å². The molecule has 0 N–H and O–H groups in total. The third-order valence-corrected chi connectivity index (χ3v) is 8.51. The number of carbonyl (C=O) groups is 2. The molecule has 0 fully saturated rings. The molecule has 0 aromatic rings. The summed E-state index contributed by atoms with van der Waals surface area (Å²) in [7, 11) is 0. The highest BCUT2D eigenvalue weighted by molar-refractivity contribution is 5.85. The van der Waals surface area contributed by atoms with Crippen LogP contribution in [0.25, 0.3) is 0 Å². The van der Waals surface area contributed by atoms with Gasteiger partial charge in [-0.15, -0.1) is 0 Å². The lowest BCUT2D eigenvalue weighted by Gasteiger charge is -2.04. The van der Waals surface area contributed by atoms with Crippen LogP contribution < -0.4 is 0 Å². The highest BCUT2D eigenvalue weighted by atomic mass is 16.6. The number of rotatable bonds is 34. The molecular formula is C40H74O3. The van der Waals surface area contributed by atoms with Gasteiger partial charge in [0, 0.05) is 12.8 Å². The van der Waals surface area contributed by atoms with Gasteiger partial charge < -0.3 is 4.74 Å². The lowest BCUT2D eigenvalue weighted by Crippen LogP contribution is -2.11. The van der Waals surface area contributed by atoms with Crippen LogP contribution in [0.4, 0.5) is 0 Å². The van der Waals surface area contributed by atoms with Crippen molar-refractivity contribution in [2.24, 2.45) is 0 Å². The van der Waals surface area contributed by atoms with Gasteiger partial charge >= 0.3 is 11.9 Å². The number of unbranched alkanes of at least 4 members (excludes halogenated alkanes) is 26. The Hall–Kier alpha value is -1.38. The van der Waals surface area contributed by atoms with Crippen molar-refractivity contribution in [1.82, 2.24) is 0 Å². The average molecular weight is 603 g/mol. The van der Waals surface area contributed by atoms with Crippen molar-refractivity contribution in [2.45, 2.75) is 219 Å². The van der Waals surface area contributed by atoms with Gasteiger partial charge in [0.05, 0.1) is 0 Å². The molecule has 0 aromatic heterocycles. The number of ether oxygens (including phenoxy) is 1. The van der Waals surface area contributed by atoms with Gasteiger partial charge in [-0.1, -0.05) is 167 Å². The normalized spacial score (nSPS) is 11.7. The maximum absolute atomic E-state index is 11.9. The molecule has 0 atom stereocenters. The average Bonchev–Trinajstić information content (AvgIpc) is 3.00. The summed E-state index contributed by atoms with van der Waals surface area (Å²) < 4.78 is 5.02.